The highest BCUT2D eigenvalue weighted by Crippen LogP contribution is 1.97. The van der Waals surface area contributed by atoms with Gasteiger partial charge in [0.25, 0.3) is 10.2 Å². The van der Waals surface area contributed by atoms with Crippen LogP contribution in [0.3, 0.4) is 0 Å². The van der Waals surface area contributed by atoms with E-state index in [0.717, 1.165) is 0 Å². The number of rotatable bonds is 16. The fraction of sp³-hybridized carbons (Fsp3) is 0.769. The van der Waals surface area contributed by atoms with E-state index in [1.54, 1.807) is 0 Å². The van der Waals surface area contributed by atoms with Crippen molar-refractivity contribution < 1.29 is 53.5 Å². The van der Waals surface area contributed by atoms with E-state index in [4.69, 9.17) is 5.11 Å². The summed E-state index contributed by atoms with van der Waals surface area (Å²) in [6.45, 7) is -1.34. The van der Waals surface area contributed by atoms with Crippen molar-refractivity contribution in [2.24, 2.45) is 0 Å². The van der Waals surface area contributed by atoms with Gasteiger partial charge in [0.15, 0.2) is 6.04 Å². The van der Waals surface area contributed by atoms with E-state index in [0.29, 0.717) is 0 Å². The Bertz CT molecular complexity index is 556. The zero-order valence-corrected chi connectivity index (χ0v) is 15.2. The molecule has 16 heteroatoms. The highest BCUT2D eigenvalue weighted by molar-refractivity contribution is 5.80. The van der Waals surface area contributed by atoms with Crippen LogP contribution in [0.15, 0.2) is 0 Å². The Morgan fingerprint density at radius 3 is 1.79 bits per heavy atom. The van der Waals surface area contributed by atoms with E-state index in [1.165, 1.54) is 0 Å². The molecule has 0 aliphatic heterocycles. The molecule has 1 amide bonds. The Balaban J connectivity index is 3.93. The summed E-state index contributed by atoms with van der Waals surface area (Å²) in [5, 5.41) is 28.9. The standard InChI is InChI=1S/C13H21N3O13/c17-11(18)10(14-12(19)25-5-1-3-7-28-15(21)22)9-27-13(20)26-6-2-4-8-29-16(23)24/h10H,1-9H2,(H,14,19)(H,17,18). The summed E-state index contributed by atoms with van der Waals surface area (Å²) in [6.07, 6.45) is -1.29. The molecule has 0 bridgehead atoms. The first-order valence-electron chi connectivity index (χ1n) is 8.22. The molecule has 166 valence electrons. The molecule has 1 unspecified atom stereocenters. The zero-order chi connectivity index (χ0) is 22.1. The topological polar surface area (TPSA) is 216 Å². The minimum absolute atomic E-state index is 0.132. The Morgan fingerprint density at radius 1 is 0.828 bits per heavy atom. The molecule has 0 saturated carbocycles. The molecule has 2 N–H and O–H groups in total. The summed E-state index contributed by atoms with van der Waals surface area (Å²) in [7, 11) is 0. The van der Waals surface area contributed by atoms with E-state index < -0.39 is 41.0 Å². The number of nitrogens with zero attached hydrogens (tertiary/aromatic N) is 2. The van der Waals surface area contributed by atoms with Crippen molar-refractivity contribution in [2.45, 2.75) is 31.7 Å². The van der Waals surface area contributed by atoms with Gasteiger partial charge in [-0.15, -0.1) is 20.2 Å². The van der Waals surface area contributed by atoms with Crippen LogP contribution in [0.2, 0.25) is 0 Å². The molecule has 0 aromatic heterocycles. The molecule has 16 nitrogen and oxygen atoms in total. The lowest BCUT2D eigenvalue weighted by Crippen LogP contribution is -2.44. The van der Waals surface area contributed by atoms with Gasteiger partial charge in [-0.25, -0.2) is 14.4 Å². The molecule has 0 aromatic rings. The number of nitrogens with one attached hydrogen (secondary N) is 1. The summed E-state index contributed by atoms with van der Waals surface area (Å²) >= 11 is 0. The lowest BCUT2D eigenvalue weighted by atomic mass is 10.3. The van der Waals surface area contributed by atoms with Gasteiger partial charge in [-0.3, -0.25) is 0 Å². The van der Waals surface area contributed by atoms with Crippen molar-refractivity contribution >= 4 is 18.2 Å². The second kappa shape index (κ2) is 15.5. The van der Waals surface area contributed by atoms with Gasteiger partial charge < -0.3 is 34.3 Å². The molecule has 1 atom stereocenters. The lowest BCUT2D eigenvalue weighted by Gasteiger charge is -2.14. The summed E-state index contributed by atoms with van der Waals surface area (Å²) in [5.41, 5.74) is 0. The third-order valence-electron chi connectivity index (χ3n) is 2.88. The fourth-order valence-corrected chi connectivity index (χ4v) is 1.56. The van der Waals surface area contributed by atoms with Crippen molar-refractivity contribution in [3.8, 4) is 0 Å². The van der Waals surface area contributed by atoms with Crippen LogP contribution in [0.1, 0.15) is 25.7 Å². The Hall–Kier alpha value is -3.59. The normalized spacial score (nSPS) is 10.9. The van der Waals surface area contributed by atoms with Crippen molar-refractivity contribution in [3.05, 3.63) is 20.2 Å². The molecular weight excluding hydrogens is 406 g/mol. The SMILES string of the molecule is O=C(NC(COC(=O)OCCCCO[N+](=O)[O-])C(=O)O)OCCCCO[N+](=O)[O-]. The van der Waals surface area contributed by atoms with E-state index in [-0.39, 0.29) is 52.1 Å². The molecule has 0 aromatic carbocycles. The molecule has 0 heterocycles. The van der Waals surface area contributed by atoms with Crippen molar-refractivity contribution in [3.63, 3.8) is 0 Å². The molecule has 0 aliphatic carbocycles. The third kappa shape index (κ3) is 16.3. The lowest BCUT2D eigenvalue weighted by molar-refractivity contribution is -0.757. The Labute approximate surface area is 163 Å². The maximum Gasteiger partial charge on any atom is 0.508 e. The number of carboxylic acids is 1. The van der Waals surface area contributed by atoms with Crippen LogP contribution in [0.25, 0.3) is 0 Å². The predicted molar refractivity (Wildman–Crippen MR) is 87.6 cm³/mol. The van der Waals surface area contributed by atoms with Crippen molar-refractivity contribution in [1.82, 2.24) is 5.32 Å². The number of carbonyl (C=O) groups excluding carboxylic acids is 2. The van der Waals surface area contributed by atoms with Crippen molar-refractivity contribution in [1.29, 1.82) is 0 Å². The smallest absolute Gasteiger partial charge is 0.480 e. The highest BCUT2D eigenvalue weighted by Gasteiger charge is 2.23. The number of hydrogen-bond donors (Lipinski definition) is 2. The van der Waals surface area contributed by atoms with Crippen molar-refractivity contribution in [2.75, 3.05) is 33.0 Å². The monoisotopic (exact) mass is 427 g/mol. The zero-order valence-electron chi connectivity index (χ0n) is 15.2. The largest absolute Gasteiger partial charge is 0.508 e. The number of hydrogen-bond acceptors (Lipinski definition) is 12. The number of carbonyl (C=O) groups is 3. The predicted octanol–water partition coefficient (Wildman–Crippen LogP) is 0.296. The summed E-state index contributed by atoms with van der Waals surface area (Å²) < 4.78 is 13.9. The fourth-order valence-electron chi connectivity index (χ4n) is 1.56. The van der Waals surface area contributed by atoms with Gasteiger partial charge in [0.2, 0.25) is 0 Å². The van der Waals surface area contributed by atoms with Crippen LogP contribution in [0.5, 0.6) is 0 Å². The number of aliphatic carboxylic acids is 1. The van der Waals surface area contributed by atoms with Gasteiger partial charge in [0.05, 0.1) is 26.4 Å². The van der Waals surface area contributed by atoms with Crippen LogP contribution in [0, 0.1) is 20.2 Å². The quantitative estimate of drug-likeness (QED) is 0.147. The first kappa shape index (κ1) is 25.4. The van der Waals surface area contributed by atoms with Crippen LogP contribution in [-0.2, 0) is 28.7 Å². The molecule has 0 fully saturated rings. The minimum Gasteiger partial charge on any atom is -0.480 e. The Kier molecular flexibility index (Phi) is 13.6. The molecule has 0 saturated heterocycles. The van der Waals surface area contributed by atoms with E-state index in [1.807, 2.05) is 5.32 Å². The number of carboxylic acid groups (broad SMARTS) is 1. The van der Waals surface area contributed by atoms with Gasteiger partial charge in [0, 0.05) is 0 Å². The molecule has 29 heavy (non-hydrogen) atoms. The minimum atomic E-state index is -1.60. The second-order valence-corrected chi connectivity index (χ2v) is 5.11. The van der Waals surface area contributed by atoms with Crippen LogP contribution >= 0.6 is 0 Å². The van der Waals surface area contributed by atoms with Gasteiger partial charge in [-0.2, -0.15) is 0 Å². The summed E-state index contributed by atoms with van der Waals surface area (Å²) in [4.78, 5) is 61.8. The van der Waals surface area contributed by atoms with Gasteiger partial charge >= 0.3 is 18.2 Å². The number of ether oxygens (including phenoxy) is 3. The summed E-state index contributed by atoms with van der Waals surface area (Å²) in [6, 6.07) is -1.60. The van der Waals surface area contributed by atoms with Crippen LogP contribution in [-0.4, -0.2) is 72.6 Å². The molecule has 0 radical (unpaired) electrons. The van der Waals surface area contributed by atoms with Gasteiger partial charge in [-0.05, 0) is 25.7 Å². The Morgan fingerprint density at radius 2 is 1.31 bits per heavy atom. The molecule has 0 spiro atoms. The first-order valence-corrected chi connectivity index (χ1v) is 8.22. The number of amides is 1. The molecular formula is C13H21N3O13. The number of unbranched alkanes of at least 4 members (excludes halogenated alkanes) is 2. The maximum absolute atomic E-state index is 11.5. The van der Waals surface area contributed by atoms with Gasteiger partial charge in [0.1, 0.15) is 6.61 Å². The number of alkyl carbamates (subject to hydrolysis) is 1. The summed E-state index contributed by atoms with van der Waals surface area (Å²) in [5.74, 6) is -1.49. The average molecular weight is 427 g/mol. The third-order valence-corrected chi connectivity index (χ3v) is 2.88. The van der Waals surface area contributed by atoms with E-state index in [9.17, 15) is 34.6 Å². The highest BCUT2D eigenvalue weighted by atomic mass is 17.0. The van der Waals surface area contributed by atoms with Crippen LogP contribution < -0.4 is 5.32 Å². The van der Waals surface area contributed by atoms with Crippen LogP contribution in [0.4, 0.5) is 9.59 Å². The van der Waals surface area contributed by atoms with E-state index in [2.05, 4.69) is 23.9 Å². The molecule has 0 rings (SSSR count). The molecule has 0 aliphatic rings. The maximum atomic E-state index is 11.5. The average Bonchev–Trinajstić information content (AvgIpc) is 2.63. The van der Waals surface area contributed by atoms with E-state index >= 15 is 0 Å². The van der Waals surface area contributed by atoms with Gasteiger partial charge in [-0.1, -0.05) is 0 Å². The first-order chi connectivity index (χ1) is 13.7. The second-order valence-electron chi connectivity index (χ2n) is 5.11.